The molecular weight excluding hydrogens is 350 g/mol. The third-order valence-electron chi connectivity index (χ3n) is 3.80. The third-order valence-corrected chi connectivity index (χ3v) is 4.05. The summed E-state index contributed by atoms with van der Waals surface area (Å²) >= 11 is 5.86. The molecule has 138 valence electrons. The zero-order chi connectivity index (χ0) is 19.1. The molecule has 0 saturated carbocycles. The molecule has 0 aromatic heterocycles. The zero-order valence-corrected chi connectivity index (χ0v) is 16.1. The molecule has 2 N–H and O–H groups in total. The van der Waals surface area contributed by atoms with Crippen LogP contribution in [0.1, 0.15) is 17.5 Å². The number of likely N-dealkylation sites (N-methyl/N-ethyl adjacent to an activating group) is 1. The van der Waals surface area contributed by atoms with Gasteiger partial charge in [0.05, 0.1) is 6.54 Å². The molecule has 0 aliphatic carbocycles. The van der Waals surface area contributed by atoms with Gasteiger partial charge in [0.1, 0.15) is 0 Å². The SMILES string of the molecule is Cc1cc(NC(=O)CCc2ccc(Cl)cc2)ccc1NC(=O)CN(C)C. The van der Waals surface area contributed by atoms with Gasteiger partial charge in [-0.3, -0.25) is 9.59 Å². The van der Waals surface area contributed by atoms with Crippen molar-refractivity contribution in [2.45, 2.75) is 19.8 Å². The van der Waals surface area contributed by atoms with E-state index in [-0.39, 0.29) is 11.8 Å². The summed E-state index contributed by atoms with van der Waals surface area (Å²) < 4.78 is 0. The molecular formula is C20H24ClN3O2. The standard InChI is InChI=1S/C20H24ClN3O2/c1-14-12-17(9-10-18(14)23-20(26)13-24(2)3)22-19(25)11-6-15-4-7-16(21)8-5-15/h4-5,7-10,12H,6,11,13H2,1-3H3,(H,22,25)(H,23,26). The Balaban J connectivity index is 1.88. The van der Waals surface area contributed by atoms with Crippen LogP contribution in [-0.2, 0) is 16.0 Å². The van der Waals surface area contributed by atoms with Crippen LogP contribution in [-0.4, -0.2) is 37.4 Å². The molecule has 0 aliphatic rings. The van der Waals surface area contributed by atoms with Gasteiger partial charge in [-0.2, -0.15) is 0 Å². The van der Waals surface area contributed by atoms with Crippen molar-refractivity contribution >= 4 is 34.8 Å². The van der Waals surface area contributed by atoms with Crippen LogP contribution in [0.5, 0.6) is 0 Å². The van der Waals surface area contributed by atoms with Crippen molar-refractivity contribution in [3.63, 3.8) is 0 Å². The maximum Gasteiger partial charge on any atom is 0.238 e. The smallest absolute Gasteiger partial charge is 0.238 e. The third kappa shape index (κ3) is 6.50. The highest BCUT2D eigenvalue weighted by atomic mass is 35.5. The first-order valence-corrected chi connectivity index (χ1v) is 8.81. The molecule has 0 aliphatic heterocycles. The number of nitrogens with zero attached hydrogens (tertiary/aromatic N) is 1. The summed E-state index contributed by atoms with van der Waals surface area (Å²) in [4.78, 5) is 25.8. The van der Waals surface area contributed by atoms with Gasteiger partial charge in [-0.15, -0.1) is 0 Å². The number of aryl methyl sites for hydroxylation is 2. The maximum atomic E-state index is 12.1. The van der Waals surface area contributed by atoms with Crippen LogP contribution in [0.3, 0.4) is 0 Å². The van der Waals surface area contributed by atoms with E-state index in [1.807, 2.05) is 51.4 Å². The molecule has 0 unspecified atom stereocenters. The van der Waals surface area contributed by atoms with Crippen molar-refractivity contribution in [3.05, 3.63) is 58.6 Å². The molecule has 0 heterocycles. The average molecular weight is 374 g/mol. The molecule has 5 nitrogen and oxygen atoms in total. The van der Waals surface area contributed by atoms with E-state index < -0.39 is 0 Å². The quantitative estimate of drug-likeness (QED) is 0.777. The Bertz CT molecular complexity index is 773. The number of carbonyl (C=O) groups excluding carboxylic acids is 2. The van der Waals surface area contributed by atoms with Gasteiger partial charge >= 0.3 is 0 Å². The van der Waals surface area contributed by atoms with E-state index in [1.165, 1.54) is 0 Å². The molecule has 2 rings (SSSR count). The van der Waals surface area contributed by atoms with E-state index in [9.17, 15) is 9.59 Å². The van der Waals surface area contributed by atoms with Gasteiger partial charge in [-0.25, -0.2) is 0 Å². The van der Waals surface area contributed by atoms with Crippen molar-refractivity contribution in [1.29, 1.82) is 0 Å². The van der Waals surface area contributed by atoms with Crippen LogP contribution in [0.25, 0.3) is 0 Å². The number of amides is 2. The number of carbonyl (C=O) groups is 2. The van der Waals surface area contributed by atoms with Crippen LogP contribution < -0.4 is 10.6 Å². The Morgan fingerprint density at radius 1 is 1.00 bits per heavy atom. The Kier molecular flexibility index (Phi) is 7.18. The number of hydrogen-bond acceptors (Lipinski definition) is 3. The normalized spacial score (nSPS) is 10.7. The predicted molar refractivity (Wildman–Crippen MR) is 107 cm³/mol. The average Bonchev–Trinajstić information content (AvgIpc) is 2.56. The van der Waals surface area contributed by atoms with E-state index in [4.69, 9.17) is 11.6 Å². The molecule has 0 spiro atoms. The molecule has 0 fully saturated rings. The van der Waals surface area contributed by atoms with E-state index in [1.54, 1.807) is 17.0 Å². The second-order valence-electron chi connectivity index (χ2n) is 6.49. The van der Waals surface area contributed by atoms with Crippen molar-refractivity contribution in [3.8, 4) is 0 Å². The first-order chi connectivity index (χ1) is 12.3. The lowest BCUT2D eigenvalue weighted by molar-refractivity contribution is -0.117. The molecule has 26 heavy (non-hydrogen) atoms. The lowest BCUT2D eigenvalue weighted by Crippen LogP contribution is -2.27. The maximum absolute atomic E-state index is 12.1. The van der Waals surface area contributed by atoms with Gasteiger partial charge in [0.2, 0.25) is 11.8 Å². The molecule has 2 amide bonds. The van der Waals surface area contributed by atoms with Crippen LogP contribution in [0.2, 0.25) is 5.02 Å². The van der Waals surface area contributed by atoms with Crippen LogP contribution in [0, 0.1) is 6.92 Å². The van der Waals surface area contributed by atoms with E-state index in [0.29, 0.717) is 30.1 Å². The number of benzene rings is 2. The number of nitrogens with one attached hydrogen (secondary N) is 2. The molecule has 2 aromatic carbocycles. The summed E-state index contributed by atoms with van der Waals surface area (Å²) in [5, 5.41) is 6.45. The van der Waals surface area contributed by atoms with Gasteiger partial charge in [-0.1, -0.05) is 23.7 Å². The second-order valence-corrected chi connectivity index (χ2v) is 6.93. The lowest BCUT2D eigenvalue weighted by atomic mass is 10.1. The fourth-order valence-electron chi connectivity index (χ4n) is 2.49. The van der Waals surface area contributed by atoms with E-state index in [0.717, 1.165) is 16.8 Å². The Morgan fingerprint density at radius 2 is 1.69 bits per heavy atom. The highest BCUT2D eigenvalue weighted by molar-refractivity contribution is 6.30. The van der Waals surface area contributed by atoms with Gasteiger partial charge in [-0.05, 0) is 68.9 Å². The molecule has 6 heteroatoms. The zero-order valence-electron chi connectivity index (χ0n) is 15.3. The Labute approximate surface area is 159 Å². The van der Waals surface area contributed by atoms with Gasteiger partial charge in [0.25, 0.3) is 0 Å². The van der Waals surface area contributed by atoms with Crippen molar-refractivity contribution < 1.29 is 9.59 Å². The van der Waals surface area contributed by atoms with Gasteiger partial charge < -0.3 is 15.5 Å². The summed E-state index contributed by atoms with van der Waals surface area (Å²) in [7, 11) is 3.68. The summed E-state index contributed by atoms with van der Waals surface area (Å²) in [5.41, 5.74) is 3.43. The molecule has 0 radical (unpaired) electrons. The van der Waals surface area contributed by atoms with Crippen molar-refractivity contribution in [1.82, 2.24) is 4.90 Å². The second kappa shape index (κ2) is 9.36. The van der Waals surface area contributed by atoms with Gasteiger partial charge in [0.15, 0.2) is 0 Å². The largest absolute Gasteiger partial charge is 0.326 e. The Morgan fingerprint density at radius 3 is 2.31 bits per heavy atom. The van der Waals surface area contributed by atoms with E-state index >= 15 is 0 Å². The summed E-state index contributed by atoms with van der Waals surface area (Å²) in [6.07, 6.45) is 1.04. The van der Waals surface area contributed by atoms with Gasteiger partial charge in [0, 0.05) is 22.8 Å². The van der Waals surface area contributed by atoms with E-state index in [2.05, 4.69) is 10.6 Å². The summed E-state index contributed by atoms with van der Waals surface area (Å²) in [6.45, 7) is 2.22. The number of rotatable bonds is 7. The predicted octanol–water partition coefficient (Wildman–Crippen LogP) is 3.72. The summed E-state index contributed by atoms with van der Waals surface area (Å²) in [5.74, 6) is -0.124. The minimum Gasteiger partial charge on any atom is -0.326 e. The minimum atomic E-state index is -0.0714. The highest BCUT2D eigenvalue weighted by Crippen LogP contribution is 2.20. The number of anilines is 2. The summed E-state index contributed by atoms with van der Waals surface area (Å²) in [6, 6.07) is 12.9. The van der Waals surface area contributed by atoms with Crippen molar-refractivity contribution in [2.24, 2.45) is 0 Å². The highest BCUT2D eigenvalue weighted by Gasteiger charge is 2.08. The van der Waals surface area contributed by atoms with Crippen LogP contribution in [0.4, 0.5) is 11.4 Å². The topological polar surface area (TPSA) is 61.4 Å². The number of hydrogen-bond donors (Lipinski definition) is 2. The monoisotopic (exact) mass is 373 g/mol. The lowest BCUT2D eigenvalue weighted by Gasteiger charge is -2.13. The Hall–Kier alpha value is -2.37. The first kappa shape index (κ1) is 19.9. The molecule has 0 bridgehead atoms. The van der Waals surface area contributed by atoms with Crippen LogP contribution in [0.15, 0.2) is 42.5 Å². The fourth-order valence-corrected chi connectivity index (χ4v) is 2.62. The molecule has 0 saturated heterocycles. The van der Waals surface area contributed by atoms with Crippen molar-refractivity contribution in [2.75, 3.05) is 31.3 Å². The number of halogens is 1. The minimum absolute atomic E-state index is 0.0521. The fraction of sp³-hybridized carbons (Fsp3) is 0.300. The molecule has 2 aromatic rings. The van der Waals surface area contributed by atoms with Crippen LogP contribution >= 0.6 is 11.6 Å². The molecule has 0 atom stereocenters. The first-order valence-electron chi connectivity index (χ1n) is 8.43.